The molecule has 1 aromatic carbocycles. The molecule has 0 radical (unpaired) electrons. The molecular weight excluding hydrogens is 322 g/mol. The second-order valence-corrected chi connectivity index (χ2v) is 5.93. The Morgan fingerprint density at radius 1 is 1.31 bits per heavy atom. The molecule has 0 aliphatic carbocycles. The van der Waals surface area contributed by atoms with Gasteiger partial charge < -0.3 is 10.6 Å². The summed E-state index contributed by atoms with van der Waals surface area (Å²) < 4.78 is 0. The van der Waals surface area contributed by atoms with E-state index < -0.39 is 0 Å². The number of aromatic nitrogens is 2. The van der Waals surface area contributed by atoms with Crippen molar-refractivity contribution in [1.29, 1.82) is 0 Å². The molecule has 0 bridgehead atoms. The van der Waals surface area contributed by atoms with E-state index in [1.807, 2.05) is 74.6 Å². The highest BCUT2D eigenvalue weighted by molar-refractivity contribution is 6.11. The molecule has 0 unspecified atom stereocenters. The number of benzene rings is 1. The van der Waals surface area contributed by atoms with Crippen molar-refractivity contribution >= 4 is 17.1 Å². The molecule has 2 aromatic rings. The van der Waals surface area contributed by atoms with Crippen LogP contribution in [0.1, 0.15) is 18.1 Å². The smallest absolute Gasteiger partial charge is 0.161 e. The van der Waals surface area contributed by atoms with Gasteiger partial charge in [-0.05, 0) is 30.2 Å². The van der Waals surface area contributed by atoms with Gasteiger partial charge in [-0.25, -0.2) is 9.97 Å². The summed E-state index contributed by atoms with van der Waals surface area (Å²) in [5, 5.41) is 0. The van der Waals surface area contributed by atoms with Crippen molar-refractivity contribution in [2.45, 2.75) is 6.92 Å². The van der Waals surface area contributed by atoms with Gasteiger partial charge in [0.1, 0.15) is 5.82 Å². The highest BCUT2D eigenvalue weighted by atomic mass is 15.0. The molecule has 0 amide bonds. The summed E-state index contributed by atoms with van der Waals surface area (Å²) in [5.74, 6) is 0.990. The quantitative estimate of drug-likeness (QED) is 0.637. The molecule has 0 aliphatic rings. The minimum Gasteiger partial charge on any atom is -0.383 e. The lowest BCUT2D eigenvalue weighted by atomic mass is 10.0. The lowest BCUT2D eigenvalue weighted by Gasteiger charge is -2.11. The monoisotopic (exact) mass is 347 g/mol. The van der Waals surface area contributed by atoms with Crippen LogP contribution in [-0.4, -0.2) is 41.7 Å². The summed E-state index contributed by atoms with van der Waals surface area (Å²) in [6, 6.07) is 8.01. The summed E-state index contributed by atoms with van der Waals surface area (Å²) in [5.41, 5.74) is 10.6. The van der Waals surface area contributed by atoms with Crippen molar-refractivity contribution in [3.63, 3.8) is 0 Å². The third-order valence-corrected chi connectivity index (χ3v) is 3.73. The fraction of sp³-hybridized carbons (Fsp3) is 0.190. The topological polar surface area (TPSA) is 67.4 Å². The molecule has 134 valence electrons. The molecular formula is C21H25N5. The maximum absolute atomic E-state index is 6.16. The van der Waals surface area contributed by atoms with Gasteiger partial charge in [0.2, 0.25) is 0 Å². The molecule has 0 fully saturated rings. The minimum atomic E-state index is 0.409. The predicted octanol–water partition coefficient (Wildman–Crippen LogP) is 3.81. The van der Waals surface area contributed by atoms with Gasteiger partial charge in [0, 0.05) is 39.1 Å². The second kappa shape index (κ2) is 8.76. The molecule has 2 N–H and O–H groups in total. The summed E-state index contributed by atoms with van der Waals surface area (Å²) in [6.07, 6.45) is 9.37. The number of hydrogen-bond acceptors (Lipinski definition) is 5. The van der Waals surface area contributed by atoms with Crippen LogP contribution in [0.25, 0.3) is 17.0 Å². The molecule has 0 saturated carbocycles. The molecule has 0 atom stereocenters. The zero-order valence-corrected chi connectivity index (χ0v) is 15.8. The largest absolute Gasteiger partial charge is 0.383 e. The van der Waals surface area contributed by atoms with E-state index in [0.29, 0.717) is 11.6 Å². The molecule has 0 saturated heterocycles. The molecule has 5 nitrogen and oxygen atoms in total. The fourth-order valence-corrected chi connectivity index (χ4v) is 2.54. The van der Waals surface area contributed by atoms with E-state index in [-0.39, 0.29) is 0 Å². The fourth-order valence-electron chi connectivity index (χ4n) is 2.54. The van der Waals surface area contributed by atoms with Crippen LogP contribution in [0.2, 0.25) is 0 Å². The SMILES string of the molecule is C=C/C(=C\N(C)C)c1cccc(-c2ncc(C(/C=C\C)=N/C)c(N)n2)c1. The number of anilines is 1. The number of nitrogens with zero attached hydrogens (tertiary/aromatic N) is 4. The Bertz CT molecular complexity index is 876. The van der Waals surface area contributed by atoms with Crippen molar-refractivity contribution in [3.05, 3.63) is 72.6 Å². The van der Waals surface area contributed by atoms with E-state index in [0.717, 1.165) is 28.0 Å². The van der Waals surface area contributed by atoms with E-state index in [4.69, 9.17) is 5.73 Å². The lowest BCUT2D eigenvalue weighted by molar-refractivity contribution is 0.566. The van der Waals surface area contributed by atoms with Crippen LogP contribution in [0.3, 0.4) is 0 Å². The van der Waals surface area contributed by atoms with Gasteiger partial charge in [-0.3, -0.25) is 4.99 Å². The number of allylic oxidation sites excluding steroid dienone is 4. The van der Waals surface area contributed by atoms with Gasteiger partial charge in [-0.15, -0.1) is 0 Å². The van der Waals surface area contributed by atoms with E-state index >= 15 is 0 Å². The predicted molar refractivity (Wildman–Crippen MR) is 111 cm³/mol. The third kappa shape index (κ3) is 4.45. The molecule has 0 aliphatic heterocycles. The number of rotatable bonds is 6. The summed E-state index contributed by atoms with van der Waals surface area (Å²) in [6.45, 7) is 5.83. The van der Waals surface area contributed by atoms with Gasteiger partial charge in [0.25, 0.3) is 0 Å². The minimum absolute atomic E-state index is 0.409. The Morgan fingerprint density at radius 2 is 2.08 bits per heavy atom. The zero-order chi connectivity index (χ0) is 19.1. The number of hydrogen-bond donors (Lipinski definition) is 1. The molecule has 1 heterocycles. The molecule has 0 spiro atoms. The van der Waals surface area contributed by atoms with Gasteiger partial charge >= 0.3 is 0 Å². The first-order valence-corrected chi connectivity index (χ1v) is 8.34. The molecule has 2 rings (SSSR count). The first-order valence-electron chi connectivity index (χ1n) is 8.34. The maximum Gasteiger partial charge on any atom is 0.161 e. The summed E-state index contributed by atoms with van der Waals surface area (Å²) >= 11 is 0. The Hall–Kier alpha value is -3.21. The van der Waals surface area contributed by atoms with E-state index in [1.165, 1.54) is 0 Å². The average molecular weight is 347 g/mol. The maximum atomic E-state index is 6.16. The van der Waals surface area contributed by atoms with Crippen molar-refractivity contribution in [2.75, 3.05) is 26.9 Å². The third-order valence-electron chi connectivity index (χ3n) is 3.73. The van der Waals surface area contributed by atoms with E-state index in [2.05, 4.69) is 21.5 Å². The highest BCUT2D eigenvalue weighted by Gasteiger charge is 2.10. The summed E-state index contributed by atoms with van der Waals surface area (Å²) in [7, 11) is 5.68. The Kier molecular flexibility index (Phi) is 6.44. The second-order valence-electron chi connectivity index (χ2n) is 5.93. The van der Waals surface area contributed by atoms with Crippen molar-refractivity contribution in [1.82, 2.24) is 14.9 Å². The Labute approximate surface area is 155 Å². The first kappa shape index (κ1) is 19.1. The molecule has 26 heavy (non-hydrogen) atoms. The van der Waals surface area contributed by atoms with Crippen molar-refractivity contribution in [2.24, 2.45) is 4.99 Å². The Morgan fingerprint density at radius 3 is 2.65 bits per heavy atom. The number of aliphatic imine (C=N–C) groups is 1. The first-order chi connectivity index (χ1) is 12.5. The van der Waals surface area contributed by atoms with Crippen molar-refractivity contribution < 1.29 is 0 Å². The number of nitrogens with two attached hydrogens (primary N) is 1. The summed E-state index contributed by atoms with van der Waals surface area (Å²) in [4.78, 5) is 15.2. The van der Waals surface area contributed by atoms with E-state index in [1.54, 1.807) is 13.2 Å². The average Bonchev–Trinajstić information content (AvgIpc) is 2.64. The lowest BCUT2D eigenvalue weighted by Crippen LogP contribution is -2.07. The standard InChI is InChI=1S/C21H25N5/c1-6-9-19(23-3)18-13-24-21(25-20(18)22)17-11-8-10-16(12-17)15(7-2)14-26(4)5/h6-14H,2H2,1,3-5H3,(H2,22,24,25)/b9-6-,15-14+,23-19+. The zero-order valence-electron chi connectivity index (χ0n) is 15.8. The van der Waals surface area contributed by atoms with Crippen LogP contribution in [0.4, 0.5) is 5.82 Å². The van der Waals surface area contributed by atoms with Crippen LogP contribution < -0.4 is 5.73 Å². The van der Waals surface area contributed by atoms with Gasteiger partial charge in [-0.1, -0.05) is 36.9 Å². The highest BCUT2D eigenvalue weighted by Crippen LogP contribution is 2.23. The molecule has 1 aromatic heterocycles. The van der Waals surface area contributed by atoms with Crippen molar-refractivity contribution in [3.8, 4) is 11.4 Å². The normalized spacial score (nSPS) is 12.5. The van der Waals surface area contributed by atoms with E-state index in [9.17, 15) is 0 Å². The van der Waals surface area contributed by atoms with Crippen LogP contribution in [-0.2, 0) is 0 Å². The van der Waals surface area contributed by atoms with Gasteiger partial charge in [0.05, 0.1) is 11.3 Å². The number of nitrogen functional groups attached to an aromatic ring is 1. The Balaban J connectivity index is 2.45. The van der Waals surface area contributed by atoms with Gasteiger partial charge in [-0.2, -0.15) is 0 Å². The van der Waals surface area contributed by atoms with Gasteiger partial charge in [0.15, 0.2) is 5.82 Å². The molecule has 5 heteroatoms. The van der Waals surface area contributed by atoms with Crippen LogP contribution in [0.5, 0.6) is 0 Å². The van der Waals surface area contributed by atoms with Crippen LogP contribution >= 0.6 is 0 Å². The van der Waals surface area contributed by atoms with Crippen LogP contribution in [0.15, 0.2) is 66.5 Å². The van der Waals surface area contributed by atoms with Crippen LogP contribution in [0, 0.1) is 0 Å².